The van der Waals surface area contributed by atoms with Crippen LogP contribution in [0.25, 0.3) is 6.08 Å². The highest BCUT2D eigenvalue weighted by Gasteiger charge is 2.40. The number of nitrogens with zero attached hydrogens (tertiary/aromatic N) is 5. The summed E-state index contributed by atoms with van der Waals surface area (Å²) < 4.78 is 68.6. The molecule has 0 saturated carbocycles. The third-order valence-electron chi connectivity index (χ3n) is 10.2. The molecule has 0 radical (unpaired) electrons. The summed E-state index contributed by atoms with van der Waals surface area (Å²) in [6.45, 7) is 5.54. The lowest BCUT2D eigenvalue weighted by atomic mass is 9.83. The van der Waals surface area contributed by atoms with Crippen molar-refractivity contribution in [1.82, 2.24) is 9.63 Å². The molecule has 17 heteroatoms. The predicted molar refractivity (Wildman–Crippen MR) is 220 cm³/mol. The largest absolute Gasteiger partial charge is 0.345 e. The maximum atomic E-state index is 12.2. The summed E-state index contributed by atoms with van der Waals surface area (Å²) in [6.07, 6.45) is 15.7. The highest BCUT2D eigenvalue weighted by Crippen LogP contribution is 2.49. The Labute approximate surface area is 340 Å². The van der Waals surface area contributed by atoms with Crippen molar-refractivity contribution in [1.29, 1.82) is 0 Å². The Morgan fingerprint density at radius 3 is 2.24 bits per heavy atom. The minimum Gasteiger partial charge on any atom is -0.345 e. The van der Waals surface area contributed by atoms with E-state index in [4.69, 9.17) is 4.84 Å². The minimum atomic E-state index is -4.14. The number of allylic oxidation sites excluding steroid dienone is 5. The van der Waals surface area contributed by atoms with Crippen molar-refractivity contribution in [3.05, 3.63) is 102 Å². The van der Waals surface area contributed by atoms with Crippen LogP contribution in [0.3, 0.4) is 0 Å². The van der Waals surface area contributed by atoms with E-state index in [1.54, 1.807) is 0 Å². The molecule has 3 heterocycles. The van der Waals surface area contributed by atoms with Crippen LogP contribution in [-0.2, 0) is 58.0 Å². The number of hydrogen-bond acceptors (Lipinski definition) is 10. The number of rotatable bonds is 20. The molecule has 3 aromatic rings. The number of imide groups is 1. The quantitative estimate of drug-likeness (QED) is 0.0478. The van der Waals surface area contributed by atoms with E-state index in [1.807, 2.05) is 101 Å². The maximum absolute atomic E-state index is 12.2. The van der Waals surface area contributed by atoms with E-state index in [-0.39, 0.29) is 43.6 Å². The number of hydroxylamine groups is 2. The van der Waals surface area contributed by atoms with Gasteiger partial charge in [-0.3, -0.25) is 18.7 Å². The second-order valence-electron chi connectivity index (χ2n) is 14.8. The van der Waals surface area contributed by atoms with E-state index in [9.17, 15) is 40.3 Å². The fourth-order valence-electron chi connectivity index (χ4n) is 7.17. The molecule has 2 aromatic carbocycles. The van der Waals surface area contributed by atoms with Crippen LogP contribution >= 0.6 is 0 Å². The number of aryl methyl sites for hydroxylation is 2. The summed E-state index contributed by atoms with van der Waals surface area (Å²) in [5, 5.41) is 0.547. The maximum Gasteiger partial charge on any atom is 0.333 e. The van der Waals surface area contributed by atoms with Crippen molar-refractivity contribution in [2.45, 2.75) is 83.7 Å². The molecular formula is C41H52N5O10S2+. The molecule has 2 N–H and O–H groups in total. The zero-order valence-electron chi connectivity index (χ0n) is 33.1. The summed E-state index contributed by atoms with van der Waals surface area (Å²) in [6, 6.07) is 16.3. The van der Waals surface area contributed by atoms with Gasteiger partial charge in [0, 0.05) is 73.5 Å². The van der Waals surface area contributed by atoms with Crippen molar-refractivity contribution in [3.8, 4) is 0 Å². The number of carbonyl (C=O) groups excluding carboxylic acids is 3. The van der Waals surface area contributed by atoms with Crippen LogP contribution in [0.2, 0.25) is 0 Å². The van der Waals surface area contributed by atoms with E-state index in [0.717, 1.165) is 34.1 Å². The third kappa shape index (κ3) is 11.7. The van der Waals surface area contributed by atoms with Gasteiger partial charge in [-0.05, 0) is 67.7 Å². The van der Waals surface area contributed by atoms with Crippen LogP contribution in [-0.4, -0.2) is 78.5 Å². The van der Waals surface area contributed by atoms with Gasteiger partial charge in [0.05, 0.1) is 24.6 Å². The first-order valence-corrected chi connectivity index (χ1v) is 22.5. The molecule has 312 valence electrons. The standard InChI is InChI=1S/C41H51N5O10S2/c1-41(2)34-31-33(42(3)32-15-7-4-8-16-32)20-21-35(34)45(26-14-30-58(53,54)55)36(41)17-9-5-10-18-37-43(27-28-44(37)25-13-29-57(50,51)52)24-12-6-11-19-40(49)56-46-38(47)22-23-39(46)48/h4-5,7-10,15-18,20-21,27-28,31H,6,11-14,19,22-26,29-30H2,1-3H3,(H-,50,51,52,53,54,55)/p+1. The Bertz CT molecular complexity index is 2270. The summed E-state index contributed by atoms with van der Waals surface area (Å²) in [4.78, 5) is 44.8. The fourth-order valence-corrected chi connectivity index (χ4v) is 8.16. The molecule has 2 aliphatic rings. The number of para-hydroxylation sites is 1. The van der Waals surface area contributed by atoms with Crippen molar-refractivity contribution < 1.29 is 49.7 Å². The molecular weight excluding hydrogens is 787 g/mol. The number of benzene rings is 2. The Kier molecular flexibility index (Phi) is 14.5. The Morgan fingerprint density at radius 1 is 0.862 bits per heavy atom. The number of fused-ring (bicyclic) bond motifs is 1. The van der Waals surface area contributed by atoms with Crippen LogP contribution in [0.15, 0.2) is 90.9 Å². The van der Waals surface area contributed by atoms with Gasteiger partial charge in [-0.2, -0.15) is 16.8 Å². The Hall–Kier alpha value is -5.10. The van der Waals surface area contributed by atoms with E-state index in [2.05, 4.69) is 29.7 Å². The smallest absolute Gasteiger partial charge is 0.333 e. The molecule has 1 fully saturated rings. The predicted octanol–water partition coefficient (Wildman–Crippen LogP) is 5.52. The normalized spacial score (nSPS) is 16.3. The van der Waals surface area contributed by atoms with E-state index < -0.39 is 43.4 Å². The van der Waals surface area contributed by atoms with Gasteiger partial charge in [0.15, 0.2) is 0 Å². The Balaban J connectivity index is 1.31. The lowest BCUT2D eigenvalue weighted by Gasteiger charge is -2.27. The van der Waals surface area contributed by atoms with Gasteiger partial charge >= 0.3 is 5.97 Å². The van der Waals surface area contributed by atoms with Gasteiger partial charge in [0.2, 0.25) is 0 Å². The molecule has 15 nitrogen and oxygen atoms in total. The number of hydrogen-bond donors (Lipinski definition) is 2. The van der Waals surface area contributed by atoms with Crippen molar-refractivity contribution in [3.63, 3.8) is 0 Å². The first-order valence-electron chi connectivity index (χ1n) is 19.3. The zero-order chi connectivity index (χ0) is 42.1. The lowest BCUT2D eigenvalue weighted by Crippen LogP contribution is -2.36. The SMILES string of the molecule is CN(c1ccccc1)c1ccc2c(c1)C(C)(C)\C(=C/C=C/C=C/c1n(CCCCCC(=O)ON3C(=O)CCC3=O)cc[n+]1CCCS(=O)(=O)O)N2CCCS(=O)(=O)O. The fraction of sp³-hybridized carbons (Fsp3) is 0.415. The second-order valence-corrected chi connectivity index (χ2v) is 18.0. The van der Waals surface area contributed by atoms with Crippen molar-refractivity contribution >= 4 is 61.2 Å². The first-order chi connectivity index (χ1) is 27.4. The van der Waals surface area contributed by atoms with Gasteiger partial charge in [0.25, 0.3) is 37.9 Å². The number of unbranched alkanes of at least 4 members (excludes halogenated alkanes) is 2. The average Bonchev–Trinajstić information content (AvgIpc) is 3.76. The van der Waals surface area contributed by atoms with Crippen LogP contribution in [0.4, 0.5) is 17.1 Å². The summed E-state index contributed by atoms with van der Waals surface area (Å²) >= 11 is 0. The number of anilines is 3. The zero-order valence-corrected chi connectivity index (χ0v) is 34.7. The monoisotopic (exact) mass is 838 g/mol. The molecule has 0 aliphatic carbocycles. The molecule has 0 atom stereocenters. The molecule has 0 unspecified atom stereocenters. The van der Waals surface area contributed by atoms with Gasteiger partial charge in [0.1, 0.15) is 12.4 Å². The first kappa shape index (κ1) is 44.0. The molecule has 58 heavy (non-hydrogen) atoms. The van der Waals surface area contributed by atoms with Crippen LogP contribution in [0, 0.1) is 0 Å². The van der Waals surface area contributed by atoms with E-state index in [1.165, 1.54) is 0 Å². The molecule has 5 rings (SSSR count). The third-order valence-corrected chi connectivity index (χ3v) is 11.8. The van der Waals surface area contributed by atoms with Gasteiger partial charge in [-0.1, -0.05) is 50.3 Å². The lowest BCUT2D eigenvalue weighted by molar-refractivity contribution is -0.698. The van der Waals surface area contributed by atoms with Crippen LogP contribution in [0.1, 0.15) is 76.6 Å². The minimum absolute atomic E-state index is 0.0332. The highest BCUT2D eigenvalue weighted by atomic mass is 32.2. The number of imidazole rings is 1. The van der Waals surface area contributed by atoms with Gasteiger partial charge in [-0.25, -0.2) is 13.9 Å². The molecule has 2 aliphatic heterocycles. The molecule has 0 spiro atoms. The topological polar surface area (TPSA) is 188 Å². The van der Waals surface area contributed by atoms with Crippen molar-refractivity contribution in [2.75, 3.05) is 34.9 Å². The van der Waals surface area contributed by atoms with E-state index >= 15 is 0 Å². The van der Waals surface area contributed by atoms with E-state index in [0.29, 0.717) is 44.0 Å². The molecule has 2 amide bonds. The second kappa shape index (κ2) is 19.1. The van der Waals surface area contributed by atoms with Crippen LogP contribution in [0.5, 0.6) is 0 Å². The van der Waals surface area contributed by atoms with Crippen LogP contribution < -0.4 is 14.4 Å². The molecule has 1 aromatic heterocycles. The number of amides is 2. The summed E-state index contributed by atoms with van der Waals surface area (Å²) in [5.74, 6) is -1.64. The van der Waals surface area contributed by atoms with Gasteiger partial charge in [-0.15, -0.1) is 5.06 Å². The number of aromatic nitrogens is 2. The van der Waals surface area contributed by atoms with Gasteiger partial charge < -0.3 is 14.6 Å². The summed E-state index contributed by atoms with van der Waals surface area (Å²) in [5.41, 5.74) is 4.56. The van der Waals surface area contributed by atoms with Crippen molar-refractivity contribution in [2.24, 2.45) is 0 Å². The number of carbonyl (C=O) groups is 3. The summed E-state index contributed by atoms with van der Waals surface area (Å²) in [7, 11) is -6.25. The Morgan fingerprint density at radius 2 is 1.55 bits per heavy atom. The highest BCUT2D eigenvalue weighted by molar-refractivity contribution is 7.86. The molecule has 0 bridgehead atoms. The molecule has 1 saturated heterocycles. The average molecular weight is 839 g/mol.